The number of ether oxygens (including phenoxy) is 2. The SMILES string of the molecule is CN(C)C(=O)OC1=CCC(C[C@H](NS(=O)(=O)c2cnn(C)c2)C(=O)OC(C)(C)C)(C(=O)C2CS(=O)(=O)CCN2)C=C1. The first-order chi connectivity index (χ1) is 18.8. The van der Waals surface area contributed by atoms with Crippen molar-refractivity contribution in [3.8, 4) is 0 Å². The molecule has 0 saturated carbocycles. The predicted molar refractivity (Wildman–Crippen MR) is 148 cm³/mol. The van der Waals surface area contributed by atoms with E-state index in [9.17, 15) is 31.2 Å². The number of sulfone groups is 1. The van der Waals surface area contributed by atoms with Gasteiger partial charge in [-0.2, -0.15) is 9.82 Å². The van der Waals surface area contributed by atoms with E-state index in [1.165, 1.54) is 55.1 Å². The molecule has 1 amide bonds. The molecule has 2 aliphatic rings. The smallest absolute Gasteiger partial charge is 0.414 e. The number of hydrogen-bond donors (Lipinski definition) is 2. The Labute approximate surface area is 240 Å². The summed E-state index contributed by atoms with van der Waals surface area (Å²) >= 11 is 0. The van der Waals surface area contributed by atoms with E-state index in [2.05, 4.69) is 15.1 Å². The number of aryl methyl sites for hydroxylation is 1. The van der Waals surface area contributed by atoms with E-state index in [1.54, 1.807) is 20.8 Å². The summed E-state index contributed by atoms with van der Waals surface area (Å²) in [5.41, 5.74) is -2.54. The molecule has 0 radical (unpaired) electrons. The van der Waals surface area contributed by atoms with Crippen molar-refractivity contribution < 1.29 is 40.7 Å². The van der Waals surface area contributed by atoms with Gasteiger partial charge in [-0.3, -0.25) is 14.3 Å². The molecule has 228 valence electrons. The number of carbonyl (C=O) groups is 3. The first-order valence-electron chi connectivity index (χ1n) is 12.8. The number of sulfonamides is 1. The van der Waals surface area contributed by atoms with Gasteiger partial charge in [0.05, 0.1) is 29.2 Å². The third kappa shape index (κ3) is 8.47. The van der Waals surface area contributed by atoms with Gasteiger partial charge in [0, 0.05) is 33.9 Å². The van der Waals surface area contributed by atoms with Crippen LogP contribution in [0.15, 0.2) is 41.3 Å². The third-order valence-electron chi connectivity index (χ3n) is 6.38. The standard InChI is InChI=1S/C25H37N5O9S2/c1-24(2,3)39-22(32)19(28-41(36,37)18-14-27-30(6)15-18)13-25(21(31)20-16-40(34,35)12-11-26-20)9-7-17(8-10-25)38-23(33)29(4)5/h7-9,14-15,19-20,26,28H,10-13,16H2,1-6H3/t19-,20?,25?/m0/s1. The van der Waals surface area contributed by atoms with Crippen LogP contribution < -0.4 is 10.0 Å². The Morgan fingerprint density at radius 1 is 1.29 bits per heavy atom. The summed E-state index contributed by atoms with van der Waals surface area (Å²) in [7, 11) is -3.29. The second-order valence-electron chi connectivity index (χ2n) is 11.3. The molecule has 14 nitrogen and oxygen atoms in total. The average molecular weight is 616 g/mol. The molecule has 2 unspecified atom stereocenters. The minimum absolute atomic E-state index is 0.0587. The van der Waals surface area contributed by atoms with Gasteiger partial charge in [0.1, 0.15) is 22.3 Å². The van der Waals surface area contributed by atoms with Gasteiger partial charge in [-0.1, -0.05) is 6.08 Å². The lowest BCUT2D eigenvalue weighted by Crippen LogP contribution is -2.56. The minimum Gasteiger partial charge on any atom is -0.459 e. The van der Waals surface area contributed by atoms with Crippen LogP contribution in [0.4, 0.5) is 4.79 Å². The van der Waals surface area contributed by atoms with Crippen LogP contribution in [0.1, 0.15) is 33.6 Å². The third-order valence-corrected chi connectivity index (χ3v) is 9.48. The minimum atomic E-state index is -4.29. The fourth-order valence-corrected chi connectivity index (χ4v) is 6.91. The number of aromatic nitrogens is 2. The predicted octanol–water partition coefficient (Wildman–Crippen LogP) is 0.283. The van der Waals surface area contributed by atoms with Crippen LogP contribution in [0.25, 0.3) is 0 Å². The molecule has 41 heavy (non-hydrogen) atoms. The van der Waals surface area contributed by atoms with E-state index in [-0.39, 0.29) is 29.4 Å². The van der Waals surface area contributed by atoms with E-state index in [0.717, 1.165) is 6.20 Å². The van der Waals surface area contributed by atoms with Gasteiger partial charge in [0.25, 0.3) is 0 Å². The van der Waals surface area contributed by atoms with Gasteiger partial charge in [-0.15, -0.1) is 0 Å². The van der Waals surface area contributed by atoms with Crippen LogP contribution in [0.3, 0.4) is 0 Å². The van der Waals surface area contributed by atoms with Crippen LogP contribution in [-0.2, 0) is 46.0 Å². The molecule has 0 spiro atoms. The molecule has 0 aromatic carbocycles. The van der Waals surface area contributed by atoms with Gasteiger partial charge in [0.15, 0.2) is 15.6 Å². The molecule has 1 saturated heterocycles. The van der Waals surface area contributed by atoms with Crippen molar-refractivity contribution >= 4 is 37.7 Å². The van der Waals surface area contributed by atoms with Crippen molar-refractivity contribution in [2.24, 2.45) is 12.5 Å². The van der Waals surface area contributed by atoms with Crippen LogP contribution in [0.2, 0.25) is 0 Å². The second-order valence-corrected chi connectivity index (χ2v) is 15.3. The highest BCUT2D eigenvalue weighted by molar-refractivity contribution is 7.91. The van der Waals surface area contributed by atoms with Crippen LogP contribution in [0, 0.1) is 5.41 Å². The van der Waals surface area contributed by atoms with Gasteiger partial charge < -0.3 is 19.7 Å². The summed E-state index contributed by atoms with van der Waals surface area (Å²) in [5.74, 6) is -1.92. The fourth-order valence-electron chi connectivity index (χ4n) is 4.37. The number of allylic oxidation sites excluding steroid dienone is 3. The molecule has 2 heterocycles. The summed E-state index contributed by atoms with van der Waals surface area (Å²) in [6, 6.07) is -2.65. The van der Waals surface area contributed by atoms with Crippen molar-refractivity contribution in [3.05, 3.63) is 36.4 Å². The highest BCUT2D eigenvalue weighted by atomic mass is 32.2. The number of ketones is 1. The normalized spacial score (nSPS) is 23.3. The van der Waals surface area contributed by atoms with Crippen LogP contribution >= 0.6 is 0 Å². The zero-order chi connectivity index (χ0) is 30.8. The highest BCUT2D eigenvalue weighted by Gasteiger charge is 2.47. The van der Waals surface area contributed by atoms with Crippen molar-refractivity contribution in [2.75, 3.05) is 32.1 Å². The first kappa shape index (κ1) is 32.4. The molecular weight excluding hydrogens is 578 g/mol. The monoisotopic (exact) mass is 615 g/mol. The Morgan fingerprint density at radius 2 is 1.98 bits per heavy atom. The van der Waals surface area contributed by atoms with E-state index >= 15 is 0 Å². The molecule has 0 bridgehead atoms. The van der Waals surface area contributed by atoms with Gasteiger partial charge in [0.2, 0.25) is 10.0 Å². The zero-order valence-electron chi connectivity index (χ0n) is 23.9. The molecular formula is C25H37N5O9S2. The number of rotatable bonds is 9. The highest BCUT2D eigenvalue weighted by Crippen LogP contribution is 2.38. The summed E-state index contributed by atoms with van der Waals surface area (Å²) in [5, 5.41) is 6.80. The number of nitrogens with zero attached hydrogens (tertiary/aromatic N) is 3. The van der Waals surface area contributed by atoms with E-state index < -0.39 is 73.0 Å². The largest absolute Gasteiger partial charge is 0.459 e. The lowest BCUT2D eigenvalue weighted by molar-refractivity contribution is -0.157. The van der Waals surface area contributed by atoms with Crippen molar-refractivity contribution in [3.63, 3.8) is 0 Å². The molecule has 1 aliphatic carbocycles. The maximum Gasteiger partial charge on any atom is 0.414 e. The number of amides is 1. The Bertz CT molecular complexity index is 1460. The molecule has 1 aromatic heterocycles. The number of carbonyl (C=O) groups excluding carboxylic acids is 3. The molecule has 3 rings (SSSR count). The van der Waals surface area contributed by atoms with Gasteiger partial charge >= 0.3 is 12.1 Å². The zero-order valence-corrected chi connectivity index (χ0v) is 25.5. The number of esters is 1. The van der Waals surface area contributed by atoms with Gasteiger partial charge in [-0.25, -0.2) is 21.6 Å². The Hall–Kier alpha value is -3.08. The number of nitrogens with one attached hydrogen (secondary N) is 2. The topological polar surface area (TPSA) is 183 Å². The molecule has 1 aliphatic heterocycles. The van der Waals surface area contributed by atoms with Crippen molar-refractivity contribution in [1.29, 1.82) is 0 Å². The fraction of sp³-hybridized carbons (Fsp3) is 0.600. The van der Waals surface area contributed by atoms with Crippen molar-refractivity contribution in [2.45, 2.75) is 56.2 Å². The maximum atomic E-state index is 14.0. The molecule has 1 aromatic rings. The lowest BCUT2D eigenvalue weighted by Gasteiger charge is -2.37. The summed E-state index contributed by atoms with van der Waals surface area (Å²) < 4.78 is 65.6. The summed E-state index contributed by atoms with van der Waals surface area (Å²) in [6.45, 7) is 4.90. The Balaban J connectivity index is 2.02. The maximum absolute atomic E-state index is 14.0. The molecule has 1 fully saturated rings. The van der Waals surface area contributed by atoms with Crippen molar-refractivity contribution in [1.82, 2.24) is 24.7 Å². The van der Waals surface area contributed by atoms with Gasteiger partial charge in [-0.05, 0) is 45.8 Å². The Kier molecular flexibility index (Phi) is 9.52. The van der Waals surface area contributed by atoms with Crippen LogP contribution in [0.5, 0.6) is 0 Å². The quantitative estimate of drug-likeness (QED) is 0.364. The molecule has 16 heteroatoms. The average Bonchev–Trinajstić information content (AvgIpc) is 3.30. The van der Waals surface area contributed by atoms with Crippen LogP contribution in [-0.4, -0.2) is 99.2 Å². The summed E-state index contributed by atoms with van der Waals surface area (Å²) in [4.78, 5) is 40.5. The first-order valence-corrected chi connectivity index (χ1v) is 16.1. The van der Waals surface area contributed by atoms with E-state index in [4.69, 9.17) is 9.47 Å². The number of Topliss-reactive ketones (excluding diaryl/α,β-unsaturated/α-hetero) is 1. The van der Waals surface area contributed by atoms with E-state index in [1.807, 2.05) is 0 Å². The van der Waals surface area contributed by atoms with E-state index in [0.29, 0.717) is 0 Å². The number of hydrogen-bond acceptors (Lipinski definition) is 11. The second kappa shape index (κ2) is 12.0. The molecule has 3 atom stereocenters. The Morgan fingerprint density at radius 3 is 2.49 bits per heavy atom. The molecule has 2 N–H and O–H groups in total. The lowest BCUT2D eigenvalue weighted by atomic mass is 9.71. The summed E-state index contributed by atoms with van der Waals surface area (Å²) in [6.07, 6.45) is 5.47.